The Hall–Kier alpha value is -0.0400. The third-order valence-corrected chi connectivity index (χ3v) is 2.74. The Kier molecular flexibility index (Phi) is 6.62. The molecule has 0 aliphatic rings. The Morgan fingerprint density at radius 3 is 1.56 bits per heavy atom. The summed E-state index contributed by atoms with van der Waals surface area (Å²) < 4.78 is 0. The summed E-state index contributed by atoms with van der Waals surface area (Å²) in [6, 6.07) is 0. The monoisotopic (exact) mass is 227 g/mol. The summed E-state index contributed by atoms with van der Waals surface area (Å²) in [5.41, 5.74) is 0.871. The van der Waals surface area contributed by atoms with Gasteiger partial charge in [-0.3, -0.25) is 0 Å². The van der Waals surface area contributed by atoms with Crippen LogP contribution in [0.2, 0.25) is 0 Å². The van der Waals surface area contributed by atoms with Crippen molar-refractivity contribution in [3.8, 4) is 0 Å². The number of nitrogens with zero attached hydrogens (tertiary/aromatic N) is 1. The van der Waals surface area contributed by atoms with E-state index in [0.717, 1.165) is 0 Å². The van der Waals surface area contributed by atoms with Crippen molar-refractivity contribution in [2.24, 2.45) is 10.8 Å². The number of hydrogen-bond acceptors (Lipinski definition) is 1. The third-order valence-electron chi connectivity index (χ3n) is 2.74. The van der Waals surface area contributed by atoms with Crippen LogP contribution in [0.3, 0.4) is 0 Å². The van der Waals surface area contributed by atoms with Gasteiger partial charge in [0, 0.05) is 6.54 Å². The van der Waals surface area contributed by atoms with Gasteiger partial charge in [0.25, 0.3) is 0 Å². The van der Waals surface area contributed by atoms with Crippen LogP contribution in [0.1, 0.15) is 67.7 Å². The van der Waals surface area contributed by atoms with Gasteiger partial charge in [-0.25, -0.2) is 0 Å². The van der Waals surface area contributed by atoms with E-state index in [0.29, 0.717) is 10.8 Å². The second kappa shape index (κ2) is 6.64. The van der Waals surface area contributed by atoms with Crippen molar-refractivity contribution in [2.45, 2.75) is 67.7 Å². The van der Waals surface area contributed by atoms with Gasteiger partial charge in [0.05, 0.1) is 0 Å². The van der Waals surface area contributed by atoms with Crippen molar-refractivity contribution in [3.05, 3.63) is 0 Å². The van der Waals surface area contributed by atoms with Gasteiger partial charge < -0.3 is 4.90 Å². The average Bonchev–Trinajstić information content (AvgIpc) is 1.98. The minimum atomic E-state index is 0.433. The van der Waals surface area contributed by atoms with Gasteiger partial charge in [0.2, 0.25) is 0 Å². The summed E-state index contributed by atoms with van der Waals surface area (Å²) in [4.78, 5) is 2.63. The van der Waals surface area contributed by atoms with Gasteiger partial charge in [-0.2, -0.15) is 0 Å². The highest BCUT2D eigenvalue weighted by molar-refractivity contribution is 4.79. The van der Waals surface area contributed by atoms with E-state index >= 15 is 0 Å². The van der Waals surface area contributed by atoms with E-state index in [4.69, 9.17) is 0 Å². The molecule has 0 amide bonds. The molecule has 0 N–H and O–H groups in total. The predicted octanol–water partition coefficient (Wildman–Crippen LogP) is 4.57. The molecule has 0 fully saturated rings. The molecule has 0 saturated heterocycles. The Balaban J connectivity index is 4.28. The molecule has 0 radical (unpaired) electrons. The Morgan fingerprint density at radius 1 is 0.812 bits per heavy atom. The molecule has 1 nitrogen and oxygen atoms in total. The Labute approximate surface area is 104 Å². The smallest absolute Gasteiger partial charge is 0.00329 e. The first-order chi connectivity index (χ1) is 7.20. The van der Waals surface area contributed by atoms with E-state index in [2.05, 4.69) is 53.4 Å². The maximum Gasteiger partial charge on any atom is 0.00329 e. The van der Waals surface area contributed by atoms with Crippen LogP contribution >= 0.6 is 0 Å². The van der Waals surface area contributed by atoms with Crippen molar-refractivity contribution in [1.82, 2.24) is 4.90 Å². The molecule has 0 unspecified atom stereocenters. The van der Waals surface area contributed by atoms with Gasteiger partial charge in [0.15, 0.2) is 0 Å². The number of hydrogen-bond donors (Lipinski definition) is 0. The molecule has 0 spiro atoms. The van der Waals surface area contributed by atoms with E-state index in [1.807, 2.05) is 0 Å². The van der Waals surface area contributed by atoms with Crippen molar-refractivity contribution < 1.29 is 0 Å². The minimum Gasteiger partial charge on any atom is -0.303 e. The molecule has 0 aliphatic heterocycles. The molecule has 0 atom stereocenters. The van der Waals surface area contributed by atoms with Crippen LogP contribution in [-0.2, 0) is 0 Å². The highest BCUT2D eigenvalue weighted by Gasteiger charge is 2.27. The minimum absolute atomic E-state index is 0.433. The lowest BCUT2D eigenvalue weighted by Gasteiger charge is -2.37. The molecule has 0 saturated carbocycles. The normalized spacial score (nSPS) is 13.5. The molecule has 98 valence electrons. The third kappa shape index (κ3) is 8.15. The van der Waals surface area contributed by atoms with Crippen LogP contribution in [0.15, 0.2) is 0 Å². The summed E-state index contributed by atoms with van der Waals surface area (Å²) in [7, 11) is 0. The quantitative estimate of drug-likeness (QED) is 0.616. The van der Waals surface area contributed by atoms with E-state index in [9.17, 15) is 0 Å². The zero-order valence-corrected chi connectivity index (χ0v) is 12.7. The molecule has 0 aromatic rings. The lowest BCUT2D eigenvalue weighted by molar-refractivity contribution is 0.129. The fourth-order valence-electron chi connectivity index (χ4n) is 3.00. The standard InChI is InChI=1S/C15H33N/c1-8-10-16(11-9-2)13-15(6,7)12-14(3,4)5/h8-13H2,1-7H3. The van der Waals surface area contributed by atoms with E-state index < -0.39 is 0 Å². The molecule has 1 heteroatoms. The molecule has 0 rings (SSSR count). The summed E-state index contributed by atoms with van der Waals surface area (Å²) in [6.07, 6.45) is 3.83. The van der Waals surface area contributed by atoms with Gasteiger partial charge in [-0.1, -0.05) is 48.5 Å². The molecule has 0 heterocycles. The van der Waals surface area contributed by atoms with Crippen LogP contribution in [0.5, 0.6) is 0 Å². The van der Waals surface area contributed by atoms with Crippen LogP contribution < -0.4 is 0 Å². The van der Waals surface area contributed by atoms with Gasteiger partial charge in [-0.05, 0) is 43.2 Å². The molecule has 0 aliphatic carbocycles. The van der Waals surface area contributed by atoms with E-state index in [-0.39, 0.29) is 0 Å². The van der Waals surface area contributed by atoms with Gasteiger partial charge >= 0.3 is 0 Å². The SMILES string of the molecule is CCCN(CCC)CC(C)(C)CC(C)(C)C. The largest absolute Gasteiger partial charge is 0.303 e. The maximum atomic E-state index is 2.63. The summed E-state index contributed by atoms with van der Waals surface area (Å²) in [6.45, 7) is 20.2. The Bertz CT molecular complexity index is 170. The molecular formula is C15H33N. The highest BCUT2D eigenvalue weighted by atomic mass is 15.1. The molecule has 0 aromatic heterocycles. The maximum absolute atomic E-state index is 2.63. The first-order valence-electron chi connectivity index (χ1n) is 6.92. The van der Waals surface area contributed by atoms with Crippen LogP contribution in [0, 0.1) is 10.8 Å². The van der Waals surface area contributed by atoms with E-state index in [1.165, 1.54) is 38.9 Å². The van der Waals surface area contributed by atoms with Crippen molar-refractivity contribution in [1.29, 1.82) is 0 Å². The first kappa shape index (κ1) is 16.0. The summed E-state index contributed by atoms with van der Waals surface area (Å²) >= 11 is 0. The van der Waals surface area contributed by atoms with Crippen LogP contribution in [0.25, 0.3) is 0 Å². The van der Waals surface area contributed by atoms with Crippen LogP contribution in [0.4, 0.5) is 0 Å². The number of rotatable bonds is 7. The lowest BCUT2D eigenvalue weighted by Crippen LogP contribution is -2.37. The highest BCUT2D eigenvalue weighted by Crippen LogP contribution is 2.33. The van der Waals surface area contributed by atoms with Crippen molar-refractivity contribution in [3.63, 3.8) is 0 Å². The van der Waals surface area contributed by atoms with E-state index in [1.54, 1.807) is 0 Å². The summed E-state index contributed by atoms with van der Waals surface area (Å²) in [5, 5.41) is 0. The van der Waals surface area contributed by atoms with Crippen molar-refractivity contribution >= 4 is 0 Å². The molecular weight excluding hydrogens is 194 g/mol. The predicted molar refractivity (Wildman–Crippen MR) is 74.9 cm³/mol. The zero-order valence-electron chi connectivity index (χ0n) is 12.7. The lowest BCUT2D eigenvalue weighted by atomic mass is 9.76. The second-order valence-corrected chi connectivity index (χ2v) is 7.18. The second-order valence-electron chi connectivity index (χ2n) is 7.18. The van der Waals surface area contributed by atoms with Gasteiger partial charge in [0.1, 0.15) is 0 Å². The van der Waals surface area contributed by atoms with Gasteiger partial charge in [-0.15, -0.1) is 0 Å². The van der Waals surface area contributed by atoms with Crippen LogP contribution in [-0.4, -0.2) is 24.5 Å². The molecule has 0 aromatic carbocycles. The zero-order chi connectivity index (χ0) is 12.8. The van der Waals surface area contributed by atoms with Crippen molar-refractivity contribution in [2.75, 3.05) is 19.6 Å². The fraction of sp³-hybridized carbons (Fsp3) is 1.00. The first-order valence-corrected chi connectivity index (χ1v) is 6.92. The molecule has 16 heavy (non-hydrogen) atoms. The Morgan fingerprint density at radius 2 is 1.25 bits per heavy atom. The average molecular weight is 227 g/mol. The summed E-state index contributed by atoms with van der Waals surface area (Å²) in [5.74, 6) is 0. The fourth-order valence-corrected chi connectivity index (χ4v) is 3.00. The molecule has 0 bridgehead atoms. The topological polar surface area (TPSA) is 3.24 Å².